The number of nitrogens with zero attached hydrogens (tertiary/aromatic N) is 2. The highest BCUT2D eigenvalue weighted by Gasteiger charge is 2.32. The number of hydrogen-bond donors (Lipinski definition) is 0. The fraction of sp³-hybridized carbons (Fsp3) is 0.409. The van der Waals surface area contributed by atoms with Crippen LogP contribution in [-0.2, 0) is 14.8 Å². The van der Waals surface area contributed by atoms with Gasteiger partial charge in [0.2, 0.25) is 10.0 Å². The Morgan fingerprint density at radius 3 is 2.14 bits per heavy atom. The second-order valence-corrected chi connectivity index (χ2v) is 9.32. The molecule has 2 aromatic rings. The van der Waals surface area contributed by atoms with Crippen molar-refractivity contribution in [3.05, 3.63) is 59.7 Å². The molecule has 0 bridgehead atoms. The van der Waals surface area contributed by atoms with Gasteiger partial charge in [0.05, 0.1) is 4.90 Å². The smallest absolute Gasteiger partial charge is 0.263 e. The van der Waals surface area contributed by atoms with E-state index in [4.69, 9.17) is 4.74 Å². The number of sulfonamides is 1. The Morgan fingerprint density at radius 1 is 1.00 bits per heavy atom. The summed E-state index contributed by atoms with van der Waals surface area (Å²) in [6.45, 7) is 7.19. The Morgan fingerprint density at radius 2 is 1.59 bits per heavy atom. The molecule has 0 unspecified atom stereocenters. The molecule has 1 aliphatic heterocycles. The number of benzene rings is 2. The SMILES string of the molecule is CC[C@H](Oc1cc(C)cc(C)c1)C(=O)N1CCN(S(=O)(=O)c2ccccc2)CC1. The van der Waals surface area contributed by atoms with Gasteiger partial charge in [-0.15, -0.1) is 0 Å². The normalized spacial score (nSPS) is 16.4. The topological polar surface area (TPSA) is 66.9 Å². The van der Waals surface area contributed by atoms with Gasteiger partial charge in [0.25, 0.3) is 5.91 Å². The van der Waals surface area contributed by atoms with Gasteiger partial charge in [-0.2, -0.15) is 4.31 Å². The van der Waals surface area contributed by atoms with Crippen LogP contribution >= 0.6 is 0 Å². The lowest BCUT2D eigenvalue weighted by atomic mass is 10.1. The summed E-state index contributed by atoms with van der Waals surface area (Å²) in [5.74, 6) is 0.594. The van der Waals surface area contributed by atoms with Crippen LogP contribution in [0.15, 0.2) is 53.4 Å². The van der Waals surface area contributed by atoms with Crippen molar-refractivity contribution in [2.75, 3.05) is 26.2 Å². The predicted octanol–water partition coefficient (Wildman–Crippen LogP) is 2.99. The number of carbonyl (C=O) groups is 1. The first-order valence-corrected chi connectivity index (χ1v) is 11.3. The molecular formula is C22H28N2O4S. The van der Waals surface area contributed by atoms with Gasteiger partial charge in [0.1, 0.15) is 5.75 Å². The molecule has 7 heteroatoms. The first-order valence-electron chi connectivity index (χ1n) is 9.90. The lowest BCUT2D eigenvalue weighted by Crippen LogP contribution is -2.53. The quantitative estimate of drug-likeness (QED) is 0.726. The van der Waals surface area contributed by atoms with Crippen molar-refractivity contribution >= 4 is 15.9 Å². The van der Waals surface area contributed by atoms with Gasteiger partial charge in [-0.1, -0.05) is 31.2 Å². The third kappa shape index (κ3) is 4.97. The minimum Gasteiger partial charge on any atom is -0.481 e. The van der Waals surface area contributed by atoms with Crippen LogP contribution in [0.5, 0.6) is 5.75 Å². The minimum atomic E-state index is -3.53. The fourth-order valence-corrected chi connectivity index (χ4v) is 5.01. The predicted molar refractivity (Wildman–Crippen MR) is 112 cm³/mol. The summed E-state index contributed by atoms with van der Waals surface area (Å²) in [5, 5.41) is 0. The zero-order valence-electron chi connectivity index (χ0n) is 17.2. The molecule has 0 saturated carbocycles. The molecule has 156 valence electrons. The van der Waals surface area contributed by atoms with E-state index in [0.29, 0.717) is 25.3 Å². The number of ether oxygens (including phenoxy) is 1. The van der Waals surface area contributed by atoms with E-state index < -0.39 is 16.1 Å². The number of piperazine rings is 1. The van der Waals surface area contributed by atoms with Gasteiger partial charge in [0.15, 0.2) is 6.10 Å². The van der Waals surface area contributed by atoms with Gasteiger partial charge in [-0.3, -0.25) is 4.79 Å². The second-order valence-electron chi connectivity index (χ2n) is 7.38. The van der Waals surface area contributed by atoms with E-state index in [1.54, 1.807) is 35.2 Å². The zero-order chi connectivity index (χ0) is 21.0. The molecule has 0 aliphatic carbocycles. The van der Waals surface area contributed by atoms with E-state index in [1.165, 1.54) is 4.31 Å². The number of hydrogen-bond acceptors (Lipinski definition) is 4. The number of amides is 1. The van der Waals surface area contributed by atoms with Gasteiger partial charge < -0.3 is 9.64 Å². The van der Waals surface area contributed by atoms with Crippen LogP contribution in [0.2, 0.25) is 0 Å². The van der Waals surface area contributed by atoms with Crippen molar-refractivity contribution in [2.24, 2.45) is 0 Å². The molecule has 0 N–H and O–H groups in total. The largest absolute Gasteiger partial charge is 0.481 e. The van der Waals surface area contributed by atoms with Gasteiger partial charge in [-0.05, 0) is 55.7 Å². The number of carbonyl (C=O) groups excluding carboxylic acids is 1. The molecule has 29 heavy (non-hydrogen) atoms. The summed E-state index contributed by atoms with van der Waals surface area (Å²) in [7, 11) is -3.53. The molecule has 2 aromatic carbocycles. The van der Waals surface area contributed by atoms with Crippen LogP contribution in [0.4, 0.5) is 0 Å². The molecule has 0 spiro atoms. The summed E-state index contributed by atoms with van der Waals surface area (Å²) in [6.07, 6.45) is -0.0255. The van der Waals surface area contributed by atoms with Crippen molar-refractivity contribution in [3.8, 4) is 5.75 Å². The Kier molecular flexibility index (Phi) is 6.59. The average molecular weight is 417 g/mol. The van der Waals surface area contributed by atoms with Crippen molar-refractivity contribution in [1.29, 1.82) is 0 Å². The molecule has 6 nitrogen and oxygen atoms in total. The summed E-state index contributed by atoms with van der Waals surface area (Å²) in [5.41, 5.74) is 2.17. The molecule has 1 aliphatic rings. The second kappa shape index (κ2) is 8.97. The Balaban J connectivity index is 1.64. The van der Waals surface area contributed by atoms with Gasteiger partial charge in [-0.25, -0.2) is 8.42 Å². The average Bonchev–Trinajstić information content (AvgIpc) is 2.71. The Labute approximate surface area is 173 Å². The first kappa shape index (κ1) is 21.3. The third-order valence-corrected chi connectivity index (χ3v) is 6.96. The van der Waals surface area contributed by atoms with E-state index in [0.717, 1.165) is 11.1 Å². The fourth-order valence-electron chi connectivity index (χ4n) is 3.57. The van der Waals surface area contributed by atoms with Crippen LogP contribution in [0.1, 0.15) is 24.5 Å². The van der Waals surface area contributed by atoms with Crippen LogP contribution in [0.25, 0.3) is 0 Å². The highest BCUT2D eigenvalue weighted by atomic mass is 32.2. The van der Waals surface area contributed by atoms with Crippen LogP contribution < -0.4 is 4.74 Å². The summed E-state index contributed by atoms with van der Waals surface area (Å²) < 4.78 is 32.9. The lowest BCUT2D eigenvalue weighted by molar-refractivity contribution is -0.140. The Hall–Kier alpha value is -2.38. The Bertz CT molecular complexity index is 932. The van der Waals surface area contributed by atoms with Crippen molar-refractivity contribution in [2.45, 2.75) is 38.2 Å². The maximum absolute atomic E-state index is 13.0. The van der Waals surface area contributed by atoms with E-state index in [2.05, 4.69) is 6.07 Å². The molecule has 1 atom stereocenters. The standard InChI is InChI=1S/C22H28N2O4S/c1-4-21(28-19-15-17(2)14-18(3)16-19)22(25)23-10-12-24(13-11-23)29(26,27)20-8-6-5-7-9-20/h5-9,14-16,21H,4,10-13H2,1-3H3/t21-/m0/s1. The van der Waals surface area contributed by atoms with Crippen LogP contribution in [-0.4, -0.2) is 55.8 Å². The van der Waals surface area contributed by atoms with Crippen molar-refractivity contribution in [1.82, 2.24) is 9.21 Å². The van der Waals surface area contributed by atoms with Crippen LogP contribution in [0.3, 0.4) is 0 Å². The third-order valence-electron chi connectivity index (χ3n) is 5.05. The van der Waals surface area contributed by atoms with Gasteiger partial charge in [0, 0.05) is 26.2 Å². The van der Waals surface area contributed by atoms with Gasteiger partial charge >= 0.3 is 0 Å². The van der Waals surface area contributed by atoms with E-state index in [-0.39, 0.29) is 23.9 Å². The van der Waals surface area contributed by atoms with Crippen LogP contribution in [0, 0.1) is 13.8 Å². The first-order chi connectivity index (χ1) is 13.8. The summed E-state index contributed by atoms with van der Waals surface area (Å²) in [6, 6.07) is 14.3. The van der Waals surface area contributed by atoms with E-state index in [9.17, 15) is 13.2 Å². The molecule has 1 saturated heterocycles. The summed E-state index contributed by atoms with van der Waals surface area (Å²) in [4.78, 5) is 14.9. The highest BCUT2D eigenvalue weighted by molar-refractivity contribution is 7.89. The van der Waals surface area contributed by atoms with E-state index >= 15 is 0 Å². The number of aryl methyl sites for hydroxylation is 2. The summed E-state index contributed by atoms with van der Waals surface area (Å²) >= 11 is 0. The zero-order valence-corrected chi connectivity index (χ0v) is 18.0. The highest BCUT2D eigenvalue weighted by Crippen LogP contribution is 2.21. The molecule has 0 radical (unpaired) electrons. The molecule has 1 amide bonds. The van der Waals surface area contributed by atoms with Crippen molar-refractivity contribution < 1.29 is 17.9 Å². The monoisotopic (exact) mass is 416 g/mol. The molecule has 0 aromatic heterocycles. The molecule has 1 fully saturated rings. The van der Waals surface area contributed by atoms with Crippen molar-refractivity contribution in [3.63, 3.8) is 0 Å². The number of rotatable bonds is 6. The lowest BCUT2D eigenvalue weighted by Gasteiger charge is -2.35. The molecular weight excluding hydrogens is 388 g/mol. The maximum Gasteiger partial charge on any atom is 0.263 e. The molecule has 3 rings (SSSR count). The maximum atomic E-state index is 13.0. The minimum absolute atomic E-state index is 0.0941. The van der Waals surface area contributed by atoms with E-state index in [1.807, 2.05) is 32.9 Å². The molecule has 1 heterocycles.